The van der Waals surface area contributed by atoms with Gasteiger partial charge in [0.25, 0.3) is 0 Å². The van der Waals surface area contributed by atoms with Crippen molar-refractivity contribution in [2.75, 3.05) is 11.9 Å². The zero-order chi connectivity index (χ0) is 17.1. The van der Waals surface area contributed by atoms with Gasteiger partial charge in [0.2, 0.25) is 11.8 Å². The number of benzene rings is 1. The Morgan fingerprint density at radius 2 is 2.04 bits per heavy atom. The molecular formula is C17H16F2N2O2S. The Bertz CT molecular complexity index is 776. The van der Waals surface area contributed by atoms with E-state index in [0.29, 0.717) is 13.1 Å². The molecule has 4 nitrogen and oxygen atoms in total. The largest absolute Gasteiger partial charge is 0.338 e. The fourth-order valence-electron chi connectivity index (χ4n) is 2.65. The van der Waals surface area contributed by atoms with Gasteiger partial charge in [0.05, 0.1) is 5.69 Å². The lowest BCUT2D eigenvalue weighted by molar-refractivity contribution is -0.133. The number of hydrogen-bond acceptors (Lipinski definition) is 3. The molecule has 0 saturated heterocycles. The molecule has 0 bridgehead atoms. The van der Waals surface area contributed by atoms with Gasteiger partial charge in [0.15, 0.2) is 0 Å². The van der Waals surface area contributed by atoms with Crippen molar-refractivity contribution >= 4 is 28.8 Å². The van der Waals surface area contributed by atoms with Crippen molar-refractivity contribution in [3.05, 3.63) is 51.7 Å². The molecular weight excluding hydrogens is 334 g/mol. The minimum absolute atomic E-state index is 0.0439. The van der Waals surface area contributed by atoms with Gasteiger partial charge in [0.1, 0.15) is 11.6 Å². The maximum absolute atomic E-state index is 13.5. The predicted octanol–water partition coefficient (Wildman–Crippen LogP) is 3.33. The van der Waals surface area contributed by atoms with E-state index < -0.39 is 17.5 Å². The highest BCUT2D eigenvalue weighted by atomic mass is 32.1. The van der Waals surface area contributed by atoms with Gasteiger partial charge in [-0.15, -0.1) is 11.3 Å². The SMILES string of the molecule is O=C(CCC(=O)N1CCc2sccc2C1)Nc1cc(F)ccc1F. The average molecular weight is 350 g/mol. The molecule has 0 atom stereocenters. The Labute approximate surface area is 142 Å². The third-order valence-electron chi connectivity index (χ3n) is 3.93. The Hall–Kier alpha value is -2.28. The number of fused-ring (bicyclic) bond motifs is 1. The first kappa shape index (κ1) is 16.6. The van der Waals surface area contributed by atoms with E-state index in [1.807, 2.05) is 11.4 Å². The van der Waals surface area contributed by atoms with Crippen LogP contribution in [0, 0.1) is 11.6 Å². The number of hydrogen-bond donors (Lipinski definition) is 1. The molecule has 0 saturated carbocycles. The fourth-order valence-corrected chi connectivity index (χ4v) is 3.54. The van der Waals surface area contributed by atoms with Gasteiger partial charge in [-0.1, -0.05) is 0 Å². The van der Waals surface area contributed by atoms with Crippen molar-refractivity contribution in [1.82, 2.24) is 4.90 Å². The molecule has 24 heavy (non-hydrogen) atoms. The van der Waals surface area contributed by atoms with E-state index in [1.54, 1.807) is 16.2 Å². The number of rotatable bonds is 4. The molecule has 1 N–H and O–H groups in total. The number of amides is 2. The second kappa shape index (κ2) is 7.09. The predicted molar refractivity (Wildman–Crippen MR) is 87.7 cm³/mol. The van der Waals surface area contributed by atoms with Gasteiger partial charge in [-0.05, 0) is 35.6 Å². The molecule has 0 radical (unpaired) electrons. The monoisotopic (exact) mass is 350 g/mol. The van der Waals surface area contributed by atoms with Gasteiger partial charge in [-0.3, -0.25) is 9.59 Å². The minimum Gasteiger partial charge on any atom is -0.338 e. The summed E-state index contributed by atoms with van der Waals surface area (Å²) in [4.78, 5) is 27.1. The van der Waals surface area contributed by atoms with Crippen molar-refractivity contribution in [3.63, 3.8) is 0 Å². The summed E-state index contributed by atoms with van der Waals surface area (Å²) in [6.45, 7) is 1.21. The van der Waals surface area contributed by atoms with E-state index in [2.05, 4.69) is 5.32 Å². The molecule has 1 aromatic carbocycles. The first-order chi connectivity index (χ1) is 11.5. The minimum atomic E-state index is -0.711. The van der Waals surface area contributed by atoms with Crippen molar-refractivity contribution in [1.29, 1.82) is 0 Å². The van der Waals surface area contributed by atoms with Gasteiger partial charge in [-0.2, -0.15) is 0 Å². The molecule has 7 heteroatoms. The van der Waals surface area contributed by atoms with E-state index in [9.17, 15) is 18.4 Å². The number of carbonyl (C=O) groups is 2. The molecule has 0 fully saturated rings. The highest BCUT2D eigenvalue weighted by Crippen LogP contribution is 2.24. The third-order valence-corrected chi connectivity index (χ3v) is 4.95. The molecule has 2 aromatic rings. The van der Waals surface area contributed by atoms with Gasteiger partial charge in [-0.25, -0.2) is 8.78 Å². The van der Waals surface area contributed by atoms with Crippen LogP contribution in [0.25, 0.3) is 0 Å². The Balaban J connectivity index is 1.51. The average Bonchev–Trinajstić information content (AvgIpc) is 3.03. The van der Waals surface area contributed by atoms with Crippen LogP contribution in [0.3, 0.4) is 0 Å². The standard InChI is InChI=1S/C17H16F2N2O2S/c18-12-1-2-13(19)14(9-12)20-16(22)3-4-17(23)21-7-5-15-11(10-21)6-8-24-15/h1-2,6,8-9H,3-5,7,10H2,(H,20,22). The molecule has 0 unspecified atom stereocenters. The maximum atomic E-state index is 13.5. The van der Waals surface area contributed by atoms with Crippen LogP contribution in [-0.2, 0) is 22.6 Å². The number of anilines is 1. The van der Waals surface area contributed by atoms with E-state index in [4.69, 9.17) is 0 Å². The first-order valence-corrected chi connectivity index (χ1v) is 8.49. The first-order valence-electron chi connectivity index (χ1n) is 7.61. The highest BCUT2D eigenvalue weighted by molar-refractivity contribution is 7.10. The molecule has 0 aliphatic carbocycles. The summed E-state index contributed by atoms with van der Waals surface area (Å²) in [5.74, 6) is -1.97. The number of thiophene rings is 1. The third kappa shape index (κ3) is 3.79. The van der Waals surface area contributed by atoms with Crippen LogP contribution < -0.4 is 5.32 Å². The number of nitrogens with one attached hydrogen (secondary N) is 1. The van der Waals surface area contributed by atoms with Crippen LogP contribution >= 0.6 is 11.3 Å². The van der Waals surface area contributed by atoms with Crippen LogP contribution in [0.1, 0.15) is 23.3 Å². The molecule has 2 amide bonds. The lowest BCUT2D eigenvalue weighted by atomic mass is 10.1. The van der Waals surface area contributed by atoms with Crippen LogP contribution in [0.2, 0.25) is 0 Å². The molecule has 2 heterocycles. The summed E-state index contributed by atoms with van der Waals surface area (Å²) in [7, 11) is 0. The Morgan fingerprint density at radius 3 is 2.88 bits per heavy atom. The molecule has 3 rings (SSSR count). The Kier molecular flexibility index (Phi) is 4.89. The quantitative estimate of drug-likeness (QED) is 0.919. The van der Waals surface area contributed by atoms with Crippen molar-refractivity contribution in [2.45, 2.75) is 25.8 Å². The van der Waals surface area contributed by atoms with E-state index in [0.717, 1.165) is 30.2 Å². The lowest BCUT2D eigenvalue weighted by Gasteiger charge is -2.27. The summed E-state index contributed by atoms with van der Waals surface area (Å²) in [5, 5.41) is 4.31. The summed E-state index contributed by atoms with van der Waals surface area (Å²) in [5.41, 5.74) is 0.944. The topological polar surface area (TPSA) is 49.4 Å². The summed E-state index contributed by atoms with van der Waals surface area (Å²) in [6.07, 6.45) is 0.809. The lowest BCUT2D eigenvalue weighted by Crippen LogP contribution is -2.35. The van der Waals surface area contributed by atoms with Gasteiger partial charge >= 0.3 is 0 Å². The smallest absolute Gasteiger partial charge is 0.224 e. The highest BCUT2D eigenvalue weighted by Gasteiger charge is 2.21. The van der Waals surface area contributed by atoms with Crippen LogP contribution in [0.15, 0.2) is 29.6 Å². The van der Waals surface area contributed by atoms with E-state index in [-0.39, 0.29) is 24.4 Å². The van der Waals surface area contributed by atoms with Crippen molar-refractivity contribution < 1.29 is 18.4 Å². The van der Waals surface area contributed by atoms with Crippen molar-refractivity contribution in [2.24, 2.45) is 0 Å². The summed E-state index contributed by atoms with van der Waals surface area (Å²) < 4.78 is 26.5. The zero-order valence-electron chi connectivity index (χ0n) is 12.9. The zero-order valence-corrected chi connectivity index (χ0v) is 13.7. The fraction of sp³-hybridized carbons (Fsp3) is 0.294. The summed E-state index contributed by atoms with van der Waals surface area (Å²) >= 11 is 1.69. The maximum Gasteiger partial charge on any atom is 0.224 e. The van der Waals surface area contributed by atoms with E-state index >= 15 is 0 Å². The normalized spacial score (nSPS) is 13.5. The number of halogens is 2. The van der Waals surface area contributed by atoms with Crippen molar-refractivity contribution in [3.8, 4) is 0 Å². The second-order valence-electron chi connectivity index (χ2n) is 5.61. The van der Waals surface area contributed by atoms with Crippen LogP contribution in [0.5, 0.6) is 0 Å². The van der Waals surface area contributed by atoms with E-state index in [1.165, 1.54) is 4.88 Å². The molecule has 0 spiro atoms. The molecule has 126 valence electrons. The number of carbonyl (C=O) groups excluding carboxylic acids is 2. The van der Waals surface area contributed by atoms with Gasteiger partial charge in [0, 0.05) is 36.9 Å². The number of nitrogens with zero attached hydrogens (tertiary/aromatic N) is 1. The second-order valence-corrected chi connectivity index (χ2v) is 6.61. The van der Waals surface area contributed by atoms with Gasteiger partial charge < -0.3 is 10.2 Å². The molecule has 1 aliphatic rings. The molecule has 1 aliphatic heterocycles. The van der Waals surface area contributed by atoms with Crippen LogP contribution in [-0.4, -0.2) is 23.3 Å². The summed E-state index contributed by atoms with van der Waals surface area (Å²) in [6, 6.07) is 4.85. The van der Waals surface area contributed by atoms with Crippen LogP contribution in [0.4, 0.5) is 14.5 Å². The Morgan fingerprint density at radius 1 is 1.21 bits per heavy atom. The molecule has 1 aromatic heterocycles.